The average molecular weight is 391 g/mol. The van der Waals surface area contributed by atoms with E-state index in [0.717, 1.165) is 0 Å². The highest BCUT2D eigenvalue weighted by Crippen LogP contribution is 2.30. The Labute approximate surface area is 166 Å². The van der Waals surface area contributed by atoms with E-state index in [9.17, 15) is 9.90 Å². The molecule has 0 aliphatic rings. The van der Waals surface area contributed by atoms with Gasteiger partial charge in [-0.25, -0.2) is 0 Å². The number of hydrogen-bond acceptors (Lipinski definition) is 6. The van der Waals surface area contributed by atoms with E-state index in [1.54, 1.807) is 59.2 Å². The number of aromatic hydroxyl groups is 1. The fourth-order valence-corrected chi connectivity index (χ4v) is 3.25. The monoisotopic (exact) mass is 391 g/mol. The van der Waals surface area contributed by atoms with Crippen molar-refractivity contribution in [1.82, 2.24) is 14.8 Å². The van der Waals surface area contributed by atoms with Gasteiger partial charge in [-0.1, -0.05) is 30.0 Å². The summed E-state index contributed by atoms with van der Waals surface area (Å²) >= 11 is 1.24. The number of benzene rings is 2. The maximum atomic E-state index is 12.2. The predicted octanol–water partition coefficient (Wildman–Crippen LogP) is 3.44. The molecule has 8 heteroatoms. The molecule has 1 amide bonds. The summed E-state index contributed by atoms with van der Waals surface area (Å²) in [5.41, 5.74) is 1.71. The summed E-state index contributed by atoms with van der Waals surface area (Å²) in [7, 11) is 0. The quantitative estimate of drug-likeness (QED) is 0.472. The number of anilines is 1. The third-order valence-corrected chi connectivity index (χ3v) is 4.77. The molecule has 0 unspecified atom stereocenters. The van der Waals surface area contributed by atoms with Crippen LogP contribution in [0, 0.1) is 11.3 Å². The number of hydrogen-bond donors (Lipinski definition) is 2. The van der Waals surface area contributed by atoms with Crippen molar-refractivity contribution < 1.29 is 9.90 Å². The van der Waals surface area contributed by atoms with Crippen molar-refractivity contribution in [2.75, 3.05) is 11.1 Å². The third kappa shape index (κ3) is 4.39. The van der Waals surface area contributed by atoms with Crippen molar-refractivity contribution in [3.63, 3.8) is 0 Å². The van der Waals surface area contributed by atoms with Crippen LogP contribution < -0.4 is 5.32 Å². The zero-order valence-corrected chi connectivity index (χ0v) is 15.7. The van der Waals surface area contributed by atoms with E-state index in [2.05, 4.69) is 22.1 Å². The largest absolute Gasteiger partial charge is 0.507 e. The Morgan fingerprint density at radius 1 is 1.25 bits per heavy atom. The van der Waals surface area contributed by atoms with Gasteiger partial charge in [-0.2, -0.15) is 5.26 Å². The van der Waals surface area contributed by atoms with Gasteiger partial charge in [0.2, 0.25) is 5.91 Å². The Morgan fingerprint density at radius 2 is 2.00 bits per heavy atom. The van der Waals surface area contributed by atoms with Crippen LogP contribution in [0.25, 0.3) is 11.4 Å². The molecule has 0 saturated carbocycles. The van der Waals surface area contributed by atoms with E-state index in [4.69, 9.17) is 5.26 Å². The molecule has 2 N–H and O–H groups in total. The fourth-order valence-electron chi connectivity index (χ4n) is 2.51. The van der Waals surface area contributed by atoms with Crippen molar-refractivity contribution in [1.29, 1.82) is 5.26 Å². The second-order valence-electron chi connectivity index (χ2n) is 5.75. The number of para-hydroxylation sites is 1. The number of phenols is 1. The Kier molecular flexibility index (Phi) is 6.09. The highest BCUT2D eigenvalue weighted by atomic mass is 32.2. The maximum Gasteiger partial charge on any atom is 0.234 e. The van der Waals surface area contributed by atoms with E-state index >= 15 is 0 Å². The molecule has 140 valence electrons. The minimum Gasteiger partial charge on any atom is -0.507 e. The molecule has 1 heterocycles. The molecule has 1 aromatic heterocycles. The number of aromatic nitrogens is 3. The number of nitrogens with one attached hydrogen (secondary N) is 1. The van der Waals surface area contributed by atoms with Gasteiger partial charge in [0.25, 0.3) is 0 Å². The van der Waals surface area contributed by atoms with Crippen LogP contribution in [-0.4, -0.2) is 31.5 Å². The zero-order valence-electron chi connectivity index (χ0n) is 14.9. The van der Waals surface area contributed by atoms with Gasteiger partial charge in [0.1, 0.15) is 5.75 Å². The lowest BCUT2D eigenvalue weighted by atomic mass is 10.2. The fraction of sp³-hybridized carbons (Fsp3) is 0.100. The summed E-state index contributed by atoms with van der Waals surface area (Å²) in [5, 5.41) is 30.5. The second kappa shape index (κ2) is 8.88. The van der Waals surface area contributed by atoms with E-state index in [1.165, 1.54) is 11.8 Å². The van der Waals surface area contributed by atoms with Gasteiger partial charge in [-0.3, -0.25) is 9.36 Å². The number of carbonyl (C=O) groups excluding carboxylic acids is 1. The minimum absolute atomic E-state index is 0.107. The summed E-state index contributed by atoms with van der Waals surface area (Å²) in [5.74, 6) is 0.547. The highest BCUT2D eigenvalue weighted by molar-refractivity contribution is 7.99. The summed E-state index contributed by atoms with van der Waals surface area (Å²) in [4.78, 5) is 12.2. The van der Waals surface area contributed by atoms with Crippen LogP contribution >= 0.6 is 11.8 Å². The van der Waals surface area contributed by atoms with Gasteiger partial charge in [0, 0.05) is 12.2 Å². The van der Waals surface area contributed by atoms with Crippen molar-refractivity contribution in [2.45, 2.75) is 11.7 Å². The number of allylic oxidation sites excluding steroid dienone is 1. The lowest BCUT2D eigenvalue weighted by Gasteiger charge is -2.09. The number of thioether (sulfide) groups is 1. The molecule has 3 rings (SSSR count). The maximum absolute atomic E-state index is 12.2. The molecule has 3 aromatic rings. The van der Waals surface area contributed by atoms with E-state index < -0.39 is 0 Å². The van der Waals surface area contributed by atoms with Crippen molar-refractivity contribution in [2.24, 2.45) is 0 Å². The van der Waals surface area contributed by atoms with Crippen LogP contribution in [0.2, 0.25) is 0 Å². The van der Waals surface area contributed by atoms with Crippen molar-refractivity contribution in [3.05, 3.63) is 66.7 Å². The summed E-state index contributed by atoms with van der Waals surface area (Å²) in [6.07, 6.45) is 1.70. The van der Waals surface area contributed by atoms with Crippen molar-refractivity contribution >= 4 is 23.4 Å². The lowest BCUT2D eigenvalue weighted by Crippen LogP contribution is -2.14. The standard InChI is InChI=1S/C20H17N5O2S/c1-2-11-25-19(16-5-3-4-6-17(16)26)23-24-20(25)28-13-18(27)22-15-9-7-14(12-21)8-10-15/h2-10,26H,1,11,13H2,(H,22,27). The van der Waals surface area contributed by atoms with Crippen molar-refractivity contribution in [3.8, 4) is 23.2 Å². The van der Waals surface area contributed by atoms with E-state index in [0.29, 0.717) is 34.3 Å². The lowest BCUT2D eigenvalue weighted by molar-refractivity contribution is -0.113. The molecule has 0 atom stereocenters. The molecule has 0 bridgehead atoms. The SMILES string of the molecule is C=CCn1c(SCC(=O)Nc2ccc(C#N)cc2)nnc1-c1ccccc1O. The number of phenolic OH excluding ortho intramolecular Hbond substituents is 1. The van der Waals surface area contributed by atoms with Gasteiger partial charge in [0.15, 0.2) is 11.0 Å². The van der Waals surface area contributed by atoms with Crippen LogP contribution in [0.15, 0.2) is 66.3 Å². The van der Waals surface area contributed by atoms with E-state index in [-0.39, 0.29) is 17.4 Å². The molecule has 2 aromatic carbocycles. The first-order valence-corrected chi connectivity index (χ1v) is 9.36. The molecule has 0 aliphatic carbocycles. The molecule has 0 spiro atoms. The van der Waals surface area contributed by atoms with Gasteiger partial charge in [0.05, 0.1) is 22.9 Å². The normalized spacial score (nSPS) is 10.2. The van der Waals surface area contributed by atoms with Gasteiger partial charge in [-0.15, -0.1) is 16.8 Å². The molecule has 0 fully saturated rings. The number of amides is 1. The first kappa shape index (κ1) is 19.2. The molecular weight excluding hydrogens is 374 g/mol. The van der Waals surface area contributed by atoms with Crippen LogP contribution in [0.4, 0.5) is 5.69 Å². The van der Waals surface area contributed by atoms with Crippen LogP contribution in [0.3, 0.4) is 0 Å². The topological polar surface area (TPSA) is 104 Å². The molecule has 0 radical (unpaired) electrons. The first-order chi connectivity index (χ1) is 13.6. The summed E-state index contributed by atoms with van der Waals surface area (Å²) < 4.78 is 1.79. The van der Waals surface area contributed by atoms with Crippen LogP contribution in [0.5, 0.6) is 5.75 Å². The third-order valence-electron chi connectivity index (χ3n) is 3.80. The first-order valence-electron chi connectivity index (χ1n) is 8.37. The number of nitriles is 1. The van der Waals surface area contributed by atoms with Gasteiger partial charge < -0.3 is 10.4 Å². The van der Waals surface area contributed by atoms with E-state index in [1.807, 2.05) is 6.07 Å². The molecule has 7 nitrogen and oxygen atoms in total. The van der Waals surface area contributed by atoms with Gasteiger partial charge in [-0.05, 0) is 36.4 Å². The second-order valence-corrected chi connectivity index (χ2v) is 6.69. The average Bonchev–Trinajstić information content (AvgIpc) is 3.10. The van der Waals surface area contributed by atoms with Crippen LogP contribution in [-0.2, 0) is 11.3 Å². The Hall–Kier alpha value is -3.57. The minimum atomic E-state index is -0.202. The Balaban J connectivity index is 1.71. The molecule has 0 saturated heterocycles. The number of nitrogens with zero attached hydrogens (tertiary/aromatic N) is 4. The predicted molar refractivity (Wildman–Crippen MR) is 108 cm³/mol. The Morgan fingerprint density at radius 3 is 2.68 bits per heavy atom. The number of carbonyl (C=O) groups is 1. The molecular formula is C20H17N5O2S. The number of rotatable bonds is 7. The van der Waals surface area contributed by atoms with Crippen LogP contribution in [0.1, 0.15) is 5.56 Å². The van der Waals surface area contributed by atoms with Gasteiger partial charge >= 0.3 is 0 Å². The molecule has 0 aliphatic heterocycles. The Bertz CT molecular complexity index is 1040. The summed E-state index contributed by atoms with van der Waals surface area (Å²) in [6, 6.07) is 15.5. The zero-order chi connectivity index (χ0) is 19.9. The smallest absolute Gasteiger partial charge is 0.234 e. The highest BCUT2D eigenvalue weighted by Gasteiger charge is 2.17. The summed E-state index contributed by atoms with van der Waals surface area (Å²) in [6.45, 7) is 4.19. The molecule has 28 heavy (non-hydrogen) atoms.